The summed E-state index contributed by atoms with van der Waals surface area (Å²) >= 11 is 0. The lowest BCUT2D eigenvalue weighted by Crippen LogP contribution is -2.21. The maximum Gasteiger partial charge on any atom is 0.316 e. The van der Waals surface area contributed by atoms with E-state index >= 15 is 0 Å². The molecule has 2 aromatic carbocycles. The van der Waals surface area contributed by atoms with Crippen LogP contribution in [-0.2, 0) is 9.53 Å². The van der Waals surface area contributed by atoms with Crippen LogP contribution in [-0.4, -0.2) is 29.9 Å². The normalized spacial score (nSPS) is 11.7. The molecule has 0 spiro atoms. The van der Waals surface area contributed by atoms with Gasteiger partial charge in [-0.2, -0.15) is 0 Å². The van der Waals surface area contributed by atoms with Crippen molar-refractivity contribution in [3.8, 4) is 17.2 Å². The second-order valence-corrected chi connectivity index (χ2v) is 4.48. The quantitative estimate of drug-likeness (QED) is 0.826. The van der Waals surface area contributed by atoms with Crippen LogP contribution in [0.3, 0.4) is 0 Å². The van der Waals surface area contributed by atoms with Crippen molar-refractivity contribution in [2.75, 3.05) is 13.7 Å². The maximum atomic E-state index is 11.9. The smallest absolute Gasteiger partial charge is 0.316 e. The number of ether oxygens (including phenoxy) is 2. The van der Waals surface area contributed by atoms with Crippen LogP contribution < -0.4 is 4.74 Å². The van der Waals surface area contributed by atoms with E-state index in [2.05, 4.69) is 0 Å². The van der Waals surface area contributed by atoms with Crippen LogP contribution in [0.15, 0.2) is 48.5 Å². The van der Waals surface area contributed by atoms with Crippen molar-refractivity contribution in [1.82, 2.24) is 0 Å². The molecule has 0 saturated carbocycles. The lowest BCUT2D eigenvalue weighted by atomic mass is 10.00. The van der Waals surface area contributed by atoms with Gasteiger partial charge in [0, 0.05) is 6.07 Å². The Labute approximate surface area is 122 Å². The molecule has 0 bridgehead atoms. The van der Waals surface area contributed by atoms with Gasteiger partial charge in [-0.3, -0.25) is 4.79 Å². The van der Waals surface area contributed by atoms with Crippen LogP contribution in [0.25, 0.3) is 0 Å². The molecule has 0 heterocycles. The van der Waals surface area contributed by atoms with Crippen molar-refractivity contribution < 1.29 is 24.5 Å². The second-order valence-electron chi connectivity index (χ2n) is 4.48. The zero-order valence-corrected chi connectivity index (χ0v) is 11.5. The molecule has 0 aliphatic carbocycles. The van der Waals surface area contributed by atoms with Crippen molar-refractivity contribution in [2.45, 2.75) is 5.92 Å². The average Bonchev–Trinajstić information content (AvgIpc) is 2.49. The number of carbonyl (C=O) groups excluding carboxylic acids is 1. The van der Waals surface area contributed by atoms with Crippen molar-refractivity contribution in [2.24, 2.45) is 0 Å². The molecule has 2 aromatic rings. The Morgan fingerprint density at radius 3 is 2.43 bits per heavy atom. The Morgan fingerprint density at radius 1 is 1.10 bits per heavy atom. The minimum Gasteiger partial charge on any atom is -0.508 e. The van der Waals surface area contributed by atoms with Gasteiger partial charge in [-0.25, -0.2) is 0 Å². The summed E-state index contributed by atoms with van der Waals surface area (Å²) in [5.41, 5.74) is 0.680. The fraction of sp³-hybridized carbons (Fsp3) is 0.188. The highest BCUT2D eigenvalue weighted by Crippen LogP contribution is 2.23. The van der Waals surface area contributed by atoms with Gasteiger partial charge in [0.1, 0.15) is 29.8 Å². The molecular formula is C16H16O5. The van der Waals surface area contributed by atoms with E-state index in [0.29, 0.717) is 11.3 Å². The predicted molar refractivity (Wildman–Crippen MR) is 76.5 cm³/mol. The topological polar surface area (TPSA) is 76.0 Å². The van der Waals surface area contributed by atoms with Crippen LogP contribution in [0.5, 0.6) is 17.2 Å². The molecule has 110 valence electrons. The summed E-state index contributed by atoms with van der Waals surface area (Å²) in [5, 5.41) is 18.7. The summed E-state index contributed by atoms with van der Waals surface area (Å²) in [6, 6.07) is 12.6. The molecule has 0 radical (unpaired) electrons. The van der Waals surface area contributed by atoms with Gasteiger partial charge in [-0.15, -0.1) is 0 Å². The van der Waals surface area contributed by atoms with Gasteiger partial charge in [0.2, 0.25) is 0 Å². The molecule has 1 atom stereocenters. The number of hydrogen-bond donors (Lipinski definition) is 2. The Balaban J connectivity index is 2.13. The summed E-state index contributed by atoms with van der Waals surface area (Å²) in [5.74, 6) is -0.371. The van der Waals surface area contributed by atoms with E-state index in [-0.39, 0.29) is 18.1 Å². The number of hydrogen-bond acceptors (Lipinski definition) is 5. The minimum absolute atomic E-state index is 0.0703. The van der Waals surface area contributed by atoms with E-state index < -0.39 is 11.9 Å². The average molecular weight is 288 g/mol. The van der Waals surface area contributed by atoms with Gasteiger partial charge < -0.3 is 19.7 Å². The molecule has 2 rings (SSSR count). The fourth-order valence-corrected chi connectivity index (χ4v) is 1.90. The number of phenolic OH excluding ortho intramolecular Hbond substituents is 2. The maximum absolute atomic E-state index is 11.9. The lowest BCUT2D eigenvalue weighted by molar-refractivity contribution is -0.143. The molecule has 0 amide bonds. The third kappa shape index (κ3) is 3.89. The highest BCUT2D eigenvalue weighted by Gasteiger charge is 2.22. The monoisotopic (exact) mass is 288 g/mol. The first kappa shape index (κ1) is 14.7. The summed E-state index contributed by atoms with van der Waals surface area (Å²) in [4.78, 5) is 11.9. The highest BCUT2D eigenvalue weighted by molar-refractivity contribution is 5.78. The Morgan fingerprint density at radius 2 is 1.81 bits per heavy atom. The first-order valence-electron chi connectivity index (χ1n) is 6.38. The van der Waals surface area contributed by atoms with Gasteiger partial charge in [0.05, 0.1) is 7.11 Å². The molecule has 5 nitrogen and oxygen atoms in total. The van der Waals surface area contributed by atoms with Gasteiger partial charge in [-0.1, -0.05) is 18.2 Å². The van der Waals surface area contributed by atoms with E-state index in [1.165, 1.54) is 31.4 Å². The Kier molecular flexibility index (Phi) is 4.66. The number of aromatic hydroxyl groups is 2. The zero-order valence-electron chi connectivity index (χ0n) is 11.5. The zero-order chi connectivity index (χ0) is 15.2. The van der Waals surface area contributed by atoms with E-state index in [1.54, 1.807) is 24.3 Å². The van der Waals surface area contributed by atoms with E-state index in [9.17, 15) is 15.0 Å². The minimum atomic E-state index is -0.613. The predicted octanol–water partition coefficient (Wildman–Crippen LogP) is 2.43. The van der Waals surface area contributed by atoms with Gasteiger partial charge in [0.15, 0.2) is 0 Å². The van der Waals surface area contributed by atoms with Crippen LogP contribution in [0.2, 0.25) is 0 Å². The van der Waals surface area contributed by atoms with Gasteiger partial charge in [0.25, 0.3) is 0 Å². The molecule has 0 aliphatic rings. The molecule has 2 N–H and O–H groups in total. The molecule has 5 heteroatoms. The number of benzene rings is 2. The first-order valence-corrected chi connectivity index (χ1v) is 6.38. The van der Waals surface area contributed by atoms with Gasteiger partial charge in [-0.05, 0) is 29.8 Å². The van der Waals surface area contributed by atoms with E-state index in [1.807, 2.05) is 0 Å². The Hall–Kier alpha value is -2.69. The summed E-state index contributed by atoms with van der Waals surface area (Å²) < 4.78 is 10.3. The molecular weight excluding hydrogens is 272 g/mol. The standard InChI is InChI=1S/C16H16O5/c1-20-16(19)15(11-5-7-12(17)8-6-11)10-21-14-4-2-3-13(18)9-14/h2-9,15,17-18H,10H2,1H3. The van der Waals surface area contributed by atoms with Crippen molar-refractivity contribution in [3.63, 3.8) is 0 Å². The molecule has 0 saturated heterocycles. The summed E-state index contributed by atoms with van der Waals surface area (Å²) in [7, 11) is 1.31. The van der Waals surface area contributed by atoms with E-state index in [0.717, 1.165) is 0 Å². The Bertz CT molecular complexity index is 606. The van der Waals surface area contributed by atoms with Crippen LogP contribution >= 0.6 is 0 Å². The molecule has 1 unspecified atom stereocenters. The second kappa shape index (κ2) is 6.65. The largest absolute Gasteiger partial charge is 0.508 e. The van der Waals surface area contributed by atoms with Crippen molar-refractivity contribution in [1.29, 1.82) is 0 Å². The van der Waals surface area contributed by atoms with Gasteiger partial charge >= 0.3 is 5.97 Å². The summed E-state index contributed by atoms with van der Waals surface area (Å²) in [6.45, 7) is 0.0703. The third-order valence-corrected chi connectivity index (χ3v) is 3.02. The van der Waals surface area contributed by atoms with Crippen LogP contribution in [0.1, 0.15) is 11.5 Å². The van der Waals surface area contributed by atoms with Crippen LogP contribution in [0, 0.1) is 0 Å². The lowest BCUT2D eigenvalue weighted by Gasteiger charge is -2.16. The van der Waals surface area contributed by atoms with Crippen molar-refractivity contribution >= 4 is 5.97 Å². The molecule has 0 aliphatic heterocycles. The number of esters is 1. The van der Waals surface area contributed by atoms with Crippen LogP contribution in [0.4, 0.5) is 0 Å². The summed E-state index contributed by atoms with van der Waals surface area (Å²) in [6.07, 6.45) is 0. The van der Waals surface area contributed by atoms with Crippen molar-refractivity contribution in [3.05, 3.63) is 54.1 Å². The first-order chi connectivity index (χ1) is 10.1. The molecule has 0 aromatic heterocycles. The number of phenols is 2. The fourth-order valence-electron chi connectivity index (χ4n) is 1.90. The number of carbonyl (C=O) groups is 1. The highest BCUT2D eigenvalue weighted by atomic mass is 16.5. The molecule has 0 fully saturated rings. The SMILES string of the molecule is COC(=O)C(COc1cccc(O)c1)c1ccc(O)cc1. The van der Waals surface area contributed by atoms with E-state index in [4.69, 9.17) is 9.47 Å². The number of methoxy groups -OCH3 is 1. The third-order valence-electron chi connectivity index (χ3n) is 3.02. The number of rotatable bonds is 5. The molecule has 21 heavy (non-hydrogen) atoms.